The van der Waals surface area contributed by atoms with Crippen LogP contribution in [-0.4, -0.2) is 27.5 Å². The van der Waals surface area contributed by atoms with Crippen LogP contribution in [0.1, 0.15) is 84.6 Å². The van der Waals surface area contributed by atoms with Crippen molar-refractivity contribution >= 4 is 5.91 Å². The minimum Gasteiger partial charge on any atom is -0.361 e. The summed E-state index contributed by atoms with van der Waals surface area (Å²) in [6, 6.07) is 4.08. The summed E-state index contributed by atoms with van der Waals surface area (Å²) in [5.41, 5.74) is 4.00. The van der Waals surface area contributed by atoms with Crippen LogP contribution in [0.5, 0.6) is 0 Å². The van der Waals surface area contributed by atoms with E-state index in [1.807, 2.05) is 11.0 Å². The maximum absolute atomic E-state index is 13.1. The third-order valence-electron chi connectivity index (χ3n) is 5.39. The zero-order valence-electron chi connectivity index (χ0n) is 15.0. The molecule has 1 saturated heterocycles. The number of carbonyl (C=O) groups excluding carboxylic acids is 1. The topological polar surface area (TPSA) is 59.2 Å². The highest BCUT2D eigenvalue weighted by atomic mass is 16.5. The summed E-state index contributed by atoms with van der Waals surface area (Å²) in [5.74, 6) is 1.25. The molecule has 2 aromatic heterocycles. The van der Waals surface area contributed by atoms with Crippen LogP contribution in [-0.2, 0) is 12.8 Å². The molecular formula is C20H25N3O2. The predicted octanol–water partition coefficient (Wildman–Crippen LogP) is 4.05. The van der Waals surface area contributed by atoms with Gasteiger partial charge in [-0.25, -0.2) is 0 Å². The molecular weight excluding hydrogens is 314 g/mol. The number of fused-ring (bicyclic) bond motifs is 1. The Morgan fingerprint density at radius 1 is 1.24 bits per heavy atom. The van der Waals surface area contributed by atoms with Gasteiger partial charge in [-0.05, 0) is 50.2 Å². The molecule has 5 heteroatoms. The summed E-state index contributed by atoms with van der Waals surface area (Å²) >= 11 is 0. The zero-order chi connectivity index (χ0) is 17.4. The van der Waals surface area contributed by atoms with Crippen LogP contribution in [0.2, 0.25) is 0 Å². The van der Waals surface area contributed by atoms with Crippen molar-refractivity contribution in [1.82, 2.24) is 15.0 Å². The predicted molar refractivity (Wildman–Crippen MR) is 94.5 cm³/mol. The van der Waals surface area contributed by atoms with Crippen LogP contribution >= 0.6 is 0 Å². The summed E-state index contributed by atoms with van der Waals surface area (Å²) < 4.78 is 5.45. The second-order valence-corrected chi connectivity index (χ2v) is 7.50. The molecule has 1 aliphatic heterocycles. The summed E-state index contributed by atoms with van der Waals surface area (Å²) in [6.45, 7) is 4.94. The molecule has 1 atom stereocenters. The number of hydrogen-bond acceptors (Lipinski definition) is 4. The third-order valence-corrected chi connectivity index (χ3v) is 5.39. The number of nitrogens with zero attached hydrogens (tertiary/aromatic N) is 3. The van der Waals surface area contributed by atoms with E-state index in [0.717, 1.165) is 43.7 Å². The van der Waals surface area contributed by atoms with Crippen molar-refractivity contribution in [2.75, 3.05) is 6.54 Å². The number of hydrogen-bond donors (Lipinski definition) is 0. The van der Waals surface area contributed by atoms with Crippen LogP contribution in [0.4, 0.5) is 0 Å². The monoisotopic (exact) mass is 339 g/mol. The van der Waals surface area contributed by atoms with Crippen molar-refractivity contribution in [3.05, 3.63) is 46.6 Å². The maximum Gasteiger partial charge on any atom is 0.255 e. The van der Waals surface area contributed by atoms with E-state index in [9.17, 15) is 4.79 Å². The van der Waals surface area contributed by atoms with E-state index in [4.69, 9.17) is 4.52 Å². The molecule has 1 fully saturated rings. The lowest BCUT2D eigenvalue weighted by Crippen LogP contribution is -2.31. The fourth-order valence-corrected chi connectivity index (χ4v) is 3.92. The molecule has 2 aliphatic rings. The molecule has 0 spiro atoms. The van der Waals surface area contributed by atoms with Gasteiger partial charge in [0.2, 0.25) is 0 Å². The summed E-state index contributed by atoms with van der Waals surface area (Å²) in [5, 5.41) is 4.23. The van der Waals surface area contributed by atoms with Crippen LogP contribution in [0.25, 0.3) is 0 Å². The molecule has 4 rings (SSSR count). The van der Waals surface area contributed by atoms with Crippen molar-refractivity contribution in [3.63, 3.8) is 0 Å². The Kier molecular flexibility index (Phi) is 4.32. The molecule has 0 unspecified atom stereocenters. The minimum absolute atomic E-state index is 0.0137. The van der Waals surface area contributed by atoms with Crippen LogP contribution in [0.3, 0.4) is 0 Å². The molecule has 3 heterocycles. The van der Waals surface area contributed by atoms with Crippen LogP contribution < -0.4 is 0 Å². The van der Waals surface area contributed by atoms with E-state index in [0.29, 0.717) is 11.5 Å². The number of rotatable bonds is 3. The van der Waals surface area contributed by atoms with Gasteiger partial charge in [-0.1, -0.05) is 19.0 Å². The number of likely N-dealkylation sites (tertiary alicyclic amines) is 1. The molecule has 5 nitrogen and oxygen atoms in total. The van der Waals surface area contributed by atoms with Crippen molar-refractivity contribution in [1.29, 1.82) is 0 Å². The standard InChI is InChI=1S/C20H25N3O2/c1-13(2)19-11-17(22-25-19)18-8-5-9-23(18)20(24)15-10-14-6-3-4-7-16(14)21-12-15/h10-13,18H,3-9H2,1-2H3/t18-/m1/s1. The van der Waals surface area contributed by atoms with Gasteiger partial charge < -0.3 is 9.42 Å². The highest BCUT2D eigenvalue weighted by molar-refractivity contribution is 5.94. The first kappa shape index (κ1) is 16.3. The number of aryl methyl sites for hydroxylation is 2. The second kappa shape index (κ2) is 6.62. The number of aromatic nitrogens is 2. The molecule has 0 saturated carbocycles. The fraction of sp³-hybridized carbons (Fsp3) is 0.550. The zero-order valence-corrected chi connectivity index (χ0v) is 15.0. The van der Waals surface area contributed by atoms with Gasteiger partial charge in [-0.15, -0.1) is 0 Å². The first-order chi connectivity index (χ1) is 12.1. The van der Waals surface area contributed by atoms with Crippen molar-refractivity contribution in [2.24, 2.45) is 0 Å². The average molecular weight is 339 g/mol. The lowest BCUT2D eigenvalue weighted by Gasteiger charge is -2.24. The quantitative estimate of drug-likeness (QED) is 0.846. The molecule has 1 aliphatic carbocycles. The maximum atomic E-state index is 13.1. The largest absolute Gasteiger partial charge is 0.361 e. The molecule has 25 heavy (non-hydrogen) atoms. The molecule has 0 N–H and O–H groups in total. The first-order valence-electron chi connectivity index (χ1n) is 9.39. The highest BCUT2D eigenvalue weighted by Gasteiger charge is 2.33. The normalized spacial score (nSPS) is 20.1. The van der Waals surface area contributed by atoms with Gasteiger partial charge in [-0.3, -0.25) is 9.78 Å². The van der Waals surface area contributed by atoms with Crippen molar-refractivity contribution in [3.8, 4) is 0 Å². The summed E-state index contributed by atoms with van der Waals surface area (Å²) in [4.78, 5) is 19.6. The van der Waals surface area contributed by atoms with E-state index < -0.39 is 0 Å². The van der Waals surface area contributed by atoms with Gasteiger partial charge in [0.05, 0.1) is 11.6 Å². The number of pyridine rings is 1. The Hall–Kier alpha value is -2.17. The lowest BCUT2D eigenvalue weighted by atomic mass is 9.95. The van der Waals surface area contributed by atoms with Gasteiger partial charge in [0.25, 0.3) is 5.91 Å². The molecule has 1 amide bonds. The van der Waals surface area contributed by atoms with E-state index >= 15 is 0 Å². The number of carbonyl (C=O) groups is 1. The molecule has 0 radical (unpaired) electrons. The van der Waals surface area contributed by atoms with Gasteiger partial charge >= 0.3 is 0 Å². The lowest BCUT2D eigenvalue weighted by molar-refractivity contribution is 0.0730. The Bertz CT molecular complexity index is 781. The first-order valence-corrected chi connectivity index (χ1v) is 9.39. The SMILES string of the molecule is CC(C)c1cc([C@H]2CCCN2C(=O)c2cnc3c(c2)CCCC3)no1. The number of amides is 1. The van der Waals surface area contributed by atoms with Crippen molar-refractivity contribution < 1.29 is 9.32 Å². The minimum atomic E-state index is 0.0137. The van der Waals surface area contributed by atoms with Crippen LogP contribution in [0, 0.1) is 0 Å². The summed E-state index contributed by atoms with van der Waals surface area (Å²) in [7, 11) is 0. The summed E-state index contributed by atoms with van der Waals surface area (Å²) in [6.07, 6.45) is 8.15. The van der Waals surface area contributed by atoms with E-state index in [1.165, 1.54) is 24.1 Å². The Labute approximate surface area is 148 Å². The van der Waals surface area contributed by atoms with Gasteiger partial charge in [0, 0.05) is 30.4 Å². The highest BCUT2D eigenvalue weighted by Crippen LogP contribution is 2.34. The Morgan fingerprint density at radius 2 is 2.08 bits per heavy atom. The van der Waals surface area contributed by atoms with Crippen LogP contribution in [0.15, 0.2) is 22.9 Å². The van der Waals surface area contributed by atoms with Gasteiger partial charge in [0.15, 0.2) is 0 Å². The van der Waals surface area contributed by atoms with E-state index in [-0.39, 0.29) is 11.9 Å². The third kappa shape index (κ3) is 3.08. The van der Waals surface area contributed by atoms with E-state index in [1.54, 1.807) is 6.20 Å². The molecule has 132 valence electrons. The van der Waals surface area contributed by atoms with Crippen molar-refractivity contribution in [2.45, 2.75) is 64.3 Å². The molecule has 0 bridgehead atoms. The smallest absolute Gasteiger partial charge is 0.255 e. The van der Waals surface area contributed by atoms with Gasteiger partial charge in [0.1, 0.15) is 11.5 Å². The Morgan fingerprint density at radius 3 is 2.88 bits per heavy atom. The van der Waals surface area contributed by atoms with E-state index in [2.05, 4.69) is 30.1 Å². The molecule has 0 aromatic carbocycles. The average Bonchev–Trinajstić information content (AvgIpc) is 3.29. The van der Waals surface area contributed by atoms with Gasteiger partial charge in [-0.2, -0.15) is 0 Å². The fourth-order valence-electron chi connectivity index (χ4n) is 3.92. The second-order valence-electron chi connectivity index (χ2n) is 7.50. The Balaban J connectivity index is 1.58. The molecule has 2 aromatic rings.